The van der Waals surface area contributed by atoms with Crippen LogP contribution < -0.4 is 14.8 Å². The van der Waals surface area contributed by atoms with E-state index in [1.54, 1.807) is 14.2 Å². The highest BCUT2D eigenvalue weighted by Crippen LogP contribution is 2.40. The van der Waals surface area contributed by atoms with E-state index in [-0.39, 0.29) is 0 Å². The number of aromatic nitrogens is 1. The van der Waals surface area contributed by atoms with Crippen LogP contribution in [0.15, 0.2) is 12.1 Å². The van der Waals surface area contributed by atoms with Crippen molar-refractivity contribution in [2.75, 3.05) is 39.7 Å². The van der Waals surface area contributed by atoms with Crippen LogP contribution in [0.1, 0.15) is 30.5 Å². The Balaban J connectivity index is 1.80. The SMILES string of the molecule is COc1cc2nc3c(c(NC4CCN(C)CC4)c2cc1OC)CCC3. The first-order chi connectivity index (χ1) is 12.2. The quantitative estimate of drug-likeness (QED) is 0.925. The van der Waals surface area contributed by atoms with Gasteiger partial charge in [-0.3, -0.25) is 4.98 Å². The van der Waals surface area contributed by atoms with Crippen molar-refractivity contribution < 1.29 is 9.47 Å². The summed E-state index contributed by atoms with van der Waals surface area (Å²) in [7, 11) is 5.57. The van der Waals surface area contributed by atoms with Crippen LogP contribution in [0.3, 0.4) is 0 Å². The Bertz CT molecular complexity index is 782. The predicted molar refractivity (Wildman–Crippen MR) is 101 cm³/mol. The van der Waals surface area contributed by atoms with Crippen molar-refractivity contribution in [1.29, 1.82) is 0 Å². The van der Waals surface area contributed by atoms with Crippen molar-refractivity contribution in [1.82, 2.24) is 9.88 Å². The van der Waals surface area contributed by atoms with E-state index in [0.29, 0.717) is 6.04 Å². The molecule has 0 bridgehead atoms. The minimum absolute atomic E-state index is 0.527. The van der Waals surface area contributed by atoms with E-state index in [0.717, 1.165) is 48.3 Å². The number of nitrogens with zero attached hydrogens (tertiary/aromatic N) is 2. The molecule has 1 aromatic carbocycles. The molecule has 2 aliphatic rings. The van der Waals surface area contributed by atoms with E-state index < -0.39 is 0 Å². The second-order valence-corrected chi connectivity index (χ2v) is 7.21. The lowest BCUT2D eigenvalue weighted by Crippen LogP contribution is -2.37. The fourth-order valence-corrected chi connectivity index (χ4v) is 4.11. The topological polar surface area (TPSA) is 46.6 Å². The molecular weight excluding hydrogens is 314 g/mol. The van der Waals surface area contributed by atoms with Gasteiger partial charge in [-0.05, 0) is 63.9 Å². The first-order valence-electron chi connectivity index (χ1n) is 9.22. The molecule has 0 saturated carbocycles. The van der Waals surface area contributed by atoms with Gasteiger partial charge in [-0.25, -0.2) is 0 Å². The standard InChI is InChI=1S/C20H27N3O2/c1-23-9-7-13(8-10-23)21-20-14-5-4-6-16(14)22-17-12-19(25-3)18(24-2)11-15(17)20/h11-13H,4-10H2,1-3H3,(H,21,22). The summed E-state index contributed by atoms with van der Waals surface area (Å²) in [4.78, 5) is 7.33. The largest absolute Gasteiger partial charge is 0.493 e. The highest BCUT2D eigenvalue weighted by atomic mass is 16.5. The van der Waals surface area contributed by atoms with Gasteiger partial charge in [0.25, 0.3) is 0 Å². The van der Waals surface area contributed by atoms with Crippen molar-refractivity contribution in [2.24, 2.45) is 0 Å². The molecule has 0 unspecified atom stereocenters. The molecule has 1 aliphatic heterocycles. The number of nitrogens with one attached hydrogen (secondary N) is 1. The number of fused-ring (bicyclic) bond motifs is 2. The number of ether oxygens (including phenoxy) is 2. The molecule has 4 rings (SSSR count). The van der Waals surface area contributed by atoms with Gasteiger partial charge in [0.2, 0.25) is 0 Å². The van der Waals surface area contributed by atoms with E-state index >= 15 is 0 Å². The van der Waals surface area contributed by atoms with Crippen molar-refractivity contribution in [3.63, 3.8) is 0 Å². The van der Waals surface area contributed by atoms with E-state index in [9.17, 15) is 0 Å². The Labute approximate surface area is 149 Å². The molecule has 1 aromatic heterocycles. The Morgan fingerprint density at radius 1 is 1.08 bits per heavy atom. The van der Waals surface area contributed by atoms with E-state index in [1.807, 2.05) is 6.07 Å². The van der Waals surface area contributed by atoms with Crippen LogP contribution >= 0.6 is 0 Å². The summed E-state index contributed by atoms with van der Waals surface area (Å²) >= 11 is 0. The van der Waals surface area contributed by atoms with Gasteiger partial charge in [0, 0.05) is 28.9 Å². The van der Waals surface area contributed by atoms with E-state index in [2.05, 4.69) is 23.3 Å². The van der Waals surface area contributed by atoms with E-state index in [1.165, 1.54) is 36.2 Å². The van der Waals surface area contributed by atoms with Crippen molar-refractivity contribution in [2.45, 2.75) is 38.1 Å². The summed E-state index contributed by atoms with van der Waals surface area (Å²) in [5, 5.41) is 5.02. The molecule has 2 heterocycles. The zero-order valence-corrected chi connectivity index (χ0v) is 15.4. The highest BCUT2D eigenvalue weighted by molar-refractivity contribution is 5.96. The van der Waals surface area contributed by atoms with Crippen LogP contribution in [0.2, 0.25) is 0 Å². The number of piperidine rings is 1. The normalized spacial score (nSPS) is 18.4. The first kappa shape index (κ1) is 16.5. The van der Waals surface area contributed by atoms with Gasteiger partial charge >= 0.3 is 0 Å². The second kappa shape index (κ2) is 6.71. The van der Waals surface area contributed by atoms with Crippen molar-refractivity contribution >= 4 is 16.6 Å². The molecule has 0 amide bonds. The van der Waals surface area contributed by atoms with Gasteiger partial charge in [-0.1, -0.05) is 0 Å². The molecular formula is C20H27N3O2. The van der Waals surface area contributed by atoms with Gasteiger partial charge in [-0.2, -0.15) is 0 Å². The maximum atomic E-state index is 5.54. The number of hydrogen-bond donors (Lipinski definition) is 1. The minimum atomic E-state index is 0.527. The number of methoxy groups -OCH3 is 2. The lowest BCUT2D eigenvalue weighted by molar-refractivity contribution is 0.264. The summed E-state index contributed by atoms with van der Waals surface area (Å²) in [6, 6.07) is 4.61. The maximum absolute atomic E-state index is 5.54. The Morgan fingerprint density at radius 2 is 1.80 bits per heavy atom. The summed E-state index contributed by atoms with van der Waals surface area (Å²) < 4.78 is 11.0. The number of aryl methyl sites for hydroxylation is 1. The third-order valence-electron chi connectivity index (χ3n) is 5.58. The Hall–Kier alpha value is -2.01. The number of benzene rings is 1. The molecule has 5 heteroatoms. The summed E-state index contributed by atoms with van der Waals surface area (Å²) in [5.74, 6) is 1.51. The monoisotopic (exact) mass is 341 g/mol. The molecule has 0 spiro atoms. The van der Waals surface area contributed by atoms with Crippen LogP contribution in [0.25, 0.3) is 10.9 Å². The number of likely N-dealkylation sites (tertiary alicyclic amines) is 1. The van der Waals surface area contributed by atoms with Gasteiger partial charge < -0.3 is 19.7 Å². The number of rotatable bonds is 4. The second-order valence-electron chi connectivity index (χ2n) is 7.21. The number of hydrogen-bond acceptors (Lipinski definition) is 5. The molecule has 25 heavy (non-hydrogen) atoms. The Morgan fingerprint density at radius 3 is 2.52 bits per heavy atom. The highest BCUT2D eigenvalue weighted by Gasteiger charge is 2.24. The Kier molecular flexibility index (Phi) is 4.42. The minimum Gasteiger partial charge on any atom is -0.493 e. The van der Waals surface area contributed by atoms with Crippen molar-refractivity contribution in [3.05, 3.63) is 23.4 Å². The first-order valence-corrected chi connectivity index (χ1v) is 9.22. The summed E-state index contributed by atoms with van der Waals surface area (Å²) in [6.45, 7) is 2.31. The lowest BCUT2D eigenvalue weighted by atomic mass is 10.0. The fourth-order valence-electron chi connectivity index (χ4n) is 4.11. The zero-order valence-electron chi connectivity index (χ0n) is 15.4. The average Bonchev–Trinajstić information content (AvgIpc) is 3.10. The van der Waals surface area contributed by atoms with E-state index in [4.69, 9.17) is 14.5 Å². The van der Waals surface area contributed by atoms with Crippen LogP contribution in [-0.4, -0.2) is 50.3 Å². The van der Waals surface area contributed by atoms with Crippen LogP contribution in [0.5, 0.6) is 11.5 Å². The molecule has 1 fully saturated rings. The average molecular weight is 341 g/mol. The molecule has 0 atom stereocenters. The third-order valence-corrected chi connectivity index (χ3v) is 5.58. The molecule has 134 valence electrons. The maximum Gasteiger partial charge on any atom is 0.162 e. The van der Waals surface area contributed by atoms with Gasteiger partial charge in [0.1, 0.15) is 0 Å². The molecule has 1 N–H and O–H groups in total. The van der Waals surface area contributed by atoms with Crippen LogP contribution in [0, 0.1) is 0 Å². The molecule has 0 radical (unpaired) electrons. The predicted octanol–water partition coefficient (Wildman–Crippen LogP) is 3.25. The number of anilines is 1. The number of pyridine rings is 1. The third kappa shape index (κ3) is 3.01. The van der Waals surface area contributed by atoms with Crippen LogP contribution in [0.4, 0.5) is 5.69 Å². The lowest BCUT2D eigenvalue weighted by Gasteiger charge is -2.31. The van der Waals surface area contributed by atoms with Gasteiger partial charge in [0.15, 0.2) is 11.5 Å². The summed E-state index contributed by atoms with van der Waals surface area (Å²) in [5.41, 5.74) is 4.91. The molecule has 1 aliphatic carbocycles. The van der Waals surface area contributed by atoms with Crippen molar-refractivity contribution in [3.8, 4) is 11.5 Å². The summed E-state index contributed by atoms with van der Waals surface area (Å²) in [6.07, 6.45) is 5.74. The van der Waals surface area contributed by atoms with Crippen LogP contribution in [-0.2, 0) is 12.8 Å². The fraction of sp³-hybridized carbons (Fsp3) is 0.550. The molecule has 5 nitrogen and oxygen atoms in total. The zero-order chi connectivity index (χ0) is 17.4. The van der Waals surface area contributed by atoms with Gasteiger partial charge in [0.05, 0.1) is 19.7 Å². The molecule has 2 aromatic rings. The smallest absolute Gasteiger partial charge is 0.162 e. The molecule has 1 saturated heterocycles. The van der Waals surface area contributed by atoms with Gasteiger partial charge in [-0.15, -0.1) is 0 Å².